The van der Waals surface area contributed by atoms with Gasteiger partial charge in [-0.05, 0) is 18.6 Å². The van der Waals surface area contributed by atoms with Gasteiger partial charge in [0.25, 0.3) is 0 Å². The topological polar surface area (TPSA) is 66.4 Å². The van der Waals surface area contributed by atoms with Gasteiger partial charge in [0.05, 0.1) is 22.5 Å². The van der Waals surface area contributed by atoms with Crippen molar-refractivity contribution in [2.75, 3.05) is 19.6 Å². The molecule has 0 aliphatic carbocycles. The van der Waals surface area contributed by atoms with E-state index in [1.165, 1.54) is 0 Å². The van der Waals surface area contributed by atoms with E-state index < -0.39 is 10.0 Å². The number of likely N-dealkylation sites (tertiary alicyclic amines) is 1. The van der Waals surface area contributed by atoms with Gasteiger partial charge in [0, 0.05) is 49.9 Å². The number of nitrogens with zero attached hydrogens (tertiary/aromatic N) is 4. The van der Waals surface area contributed by atoms with Gasteiger partial charge in [-0.25, -0.2) is 13.4 Å². The van der Waals surface area contributed by atoms with Crippen LogP contribution in [0, 0.1) is 12.8 Å². The number of fused-ring (bicyclic) bond motifs is 1. The lowest BCUT2D eigenvalue weighted by atomic mass is 10.1. The van der Waals surface area contributed by atoms with Crippen molar-refractivity contribution in [3.05, 3.63) is 46.2 Å². The molecule has 0 bridgehead atoms. The zero-order valence-electron chi connectivity index (χ0n) is 13.5. The fourth-order valence-corrected chi connectivity index (χ4v) is 6.45. The van der Waals surface area contributed by atoms with Gasteiger partial charge in [-0.1, -0.05) is 6.07 Å². The molecule has 0 radical (unpaired) electrons. The van der Waals surface area contributed by atoms with Crippen molar-refractivity contribution in [3.8, 4) is 0 Å². The summed E-state index contributed by atoms with van der Waals surface area (Å²) >= 11 is 1.56. The predicted octanol–water partition coefficient (Wildman–Crippen LogP) is 1.49. The summed E-state index contributed by atoms with van der Waals surface area (Å²) in [4.78, 5) is 10.8. The Morgan fingerprint density at radius 2 is 2.17 bits per heavy atom. The summed E-state index contributed by atoms with van der Waals surface area (Å²) in [6, 6.07) is 3.95. The Morgan fingerprint density at radius 1 is 1.29 bits per heavy atom. The number of aromatic nitrogens is 2. The minimum Gasteiger partial charge on any atom is -0.297 e. The average Bonchev–Trinajstić information content (AvgIpc) is 3.19. The number of rotatable bonds is 4. The maximum absolute atomic E-state index is 12.8. The molecule has 2 aliphatic heterocycles. The van der Waals surface area contributed by atoms with Crippen LogP contribution in [0.5, 0.6) is 0 Å². The molecule has 2 aliphatic rings. The van der Waals surface area contributed by atoms with Crippen molar-refractivity contribution >= 4 is 21.4 Å². The predicted molar refractivity (Wildman–Crippen MR) is 93.0 cm³/mol. The third-order valence-corrected chi connectivity index (χ3v) is 7.89. The Labute approximate surface area is 146 Å². The molecular weight excluding hydrogens is 344 g/mol. The summed E-state index contributed by atoms with van der Waals surface area (Å²) < 4.78 is 27.3. The maximum Gasteiger partial charge on any atom is 0.218 e. The number of pyridine rings is 1. The normalized spacial score (nSPS) is 26.7. The second-order valence-electron chi connectivity index (χ2n) is 6.55. The first-order chi connectivity index (χ1) is 11.5. The van der Waals surface area contributed by atoms with Gasteiger partial charge in [-0.3, -0.25) is 9.88 Å². The number of aryl methyl sites for hydroxylation is 1. The fraction of sp³-hybridized carbons (Fsp3) is 0.500. The van der Waals surface area contributed by atoms with Gasteiger partial charge in [-0.2, -0.15) is 4.31 Å². The lowest BCUT2D eigenvalue weighted by molar-refractivity contribution is 0.294. The molecule has 0 aromatic carbocycles. The standard InChI is InChI=1S/C16H20N4O2S2/c1-12-18-15(11-23-12)9-20-8-14-7-19(10-16(14)24(20,21)22)6-13-3-2-4-17-5-13/h2-5,11,14,16H,6-10H2,1H3/t14-,16-/m0/s1. The summed E-state index contributed by atoms with van der Waals surface area (Å²) in [6.07, 6.45) is 3.60. The maximum atomic E-state index is 12.8. The van der Waals surface area contributed by atoms with Crippen LogP contribution in [-0.2, 0) is 23.1 Å². The summed E-state index contributed by atoms with van der Waals surface area (Å²) in [5.41, 5.74) is 1.98. The summed E-state index contributed by atoms with van der Waals surface area (Å²) in [5.74, 6) is 0.186. The summed E-state index contributed by atoms with van der Waals surface area (Å²) in [5, 5.41) is 2.64. The van der Waals surface area contributed by atoms with E-state index in [4.69, 9.17) is 0 Å². The number of hydrogen-bond donors (Lipinski definition) is 0. The van der Waals surface area contributed by atoms with Crippen molar-refractivity contribution in [2.45, 2.75) is 25.3 Å². The molecule has 2 aromatic rings. The molecule has 0 spiro atoms. The third-order valence-electron chi connectivity index (χ3n) is 4.77. The Bertz CT molecular complexity index is 822. The molecule has 128 valence electrons. The van der Waals surface area contributed by atoms with Crippen molar-refractivity contribution in [1.29, 1.82) is 0 Å². The Balaban J connectivity index is 1.44. The first-order valence-electron chi connectivity index (χ1n) is 8.03. The highest BCUT2D eigenvalue weighted by atomic mass is 32.2. The quantitative estimate of drug-likeness (QED) is 0.822. The fourth-order valence-electron chi connectivity index (χ4n) is 3.69. The van der Waals surface area contributed by atoms with Gasteiger partial charge >= 0.3 is 0 Å². The molecule has 6 nitrogen and oxygen atoms in total. The molecule has 2 saturated heterocycles. The Morgan fingerprint density at radius 3 is 2.83 bits per heavy atom. The Kier molecular flexibility index (Phi) is 4.16. The van der Waals surface area contributed by atoms with E-state index in [2.05, 4.69) is 14.9 Å². The molecule has 0 N–H and O–H groups in total. The Hall–Kier alpha value is -1.35. The lowest BCUT2D eigenvalue weighted by Gasteiger charge is -2.20. The van der Waals surface area contributed by atoms with Crippen LogP contribution in [0.1, 0.15) is 16.3 Å². The molecule has 2 atom stereocenters. The van der Waals surface area contributed by atoms with Gasteiger partial charge < -0.3 is 0 Å². The van der Waals surface area contributed by atoms with E-state index in [1.54, 1.807) is 21.8 Å². The van der Waals surface area contributed by atoms with Crippen LogP contribution in [0.2, 0.25) is 0 Å². The summed E-state index contributed by atoms with van der Waals surface area (Å²) in [6.45, 7) is 5.15. The van der Waals surface area contributed by atoms with Crippen LogP contribution in [-0.4, -0.2) is 52.5 Å². The SMILES string of the molecule is Cc1nc(CN2C[C@@H]3CN(Cc4cccnc4)C[C@@H]3S2(=O)=O)cs1. The molecule has 2 aromatic heterocycles. The van der Waals surface area contributed by atoms with Crippen molar-refractivity contribution < 1.29 is 8.42 Å². The second-order valence-corrected chi connectivity index (χ2v) is 9.76. The second kappa shape index (κ2) is 6.18. The number of sulfonamides is 1. The van der Waals surface area contributed by atoms with Crippen LogP contribution in [0.4, 0.5) is 0 Å². The third kappa shape index (κ3) is 2.99. The molecule has 4 heterocycles. The zero-order valence-corrected chi connectivity index (χ0v) is 15.1. The van der Waals surface area contributed by atoms with E-state index >= 15 is 0 Å². The van der Waals surface area contributed by atoms with Gasteiger partial charge in [0.15, 0.2) is 0 Å². The smallest absolute Gasteiger partial charge is 0.218 e. The van der Waals surface area contributed by atoms with E-state index in [9.17, 15) is 8.42 Å². The van der Waals surface area contributed by atoms with Crippen molar-refractivity contribution in [1.82, 2.24) is 19.2 Å². The average molecular weight is 364 g/mol. The molecule has 0 unspecified atom stereocenters. The van der Waals surface area contributed by atoms with Gasteiger partial charge in [-0.15, -0.1) is 11.3 Å². The lowest BCUT2D eigenvalue weighted by Crippen LogP contribution is -2.34. The van der Waals surface area contributed by atoms with Crippen LogP contribution in [0.3, 0.4) is 0 Å². The highest BCUT2D eigenvalue weighted by Gasteiger charge is 2.50. The monoisotopic (exact) mass is 364 g/mol. The molecule has 8 heteroatoms. The van der Waals surface area contributed by atoms with Gasteiger partial charge in [0.2, 0.25) is 10.0 Å². The van der Waals surface area contributed by atoms with E-state index in [0.717, 1.165) is 29.4 Å². The number of thiazole rings is 1. The highest BCUT2D eigenvalue weighted by molar-refractivity contribution is 7.90. The van der Waals surface area contributed by atoms with Crippen LogP contribution >= 0.6 is 11.3 Å². The van der Waals surface area contributed by atoms with Crippen LogP contribution in [0.25, 0.3) is 0 Å². The van der Waals surface area contributed by atoms with Crippen LogP contribution < -0.4 is 0 Å². The van der Waals surface area contributed by atoms with Crippen LogP contribution in [0.15, 0.2) is 29.9 Å². The summed E-state index contributed by atoms with van der Waals surface area (Å²) in [7, 11) is -3.24. The van der Waals surface area contributed by atoms with E-state index in [-0.39, 0.29) is 11.2 Å². The zero-order chi connectivity index (χ0) is 16.7. The molecular formula is C16H20N4O2S2. The molecule has 4 rings (SSSR count). The molecule has 0 saturated carbocycles. The molecule has 0 amide bonds. The molecule has 2 fully saturated rings. The molecule has 24 heavy (non-hydrogen) atoms. The first kappa shape index (κ1) is 16.1. The largest absolute Gasteiger partial charge is 0.297 e. The van der Waals surface area contributed by atoms with Crippen molar-refractivity contribution in [2.24, 2.45) is 5.92 Å². The van der Waals surface area contributed by atoms with Gasteiger partial charge in [0.1, 0.15) is 0 Å². The van der Waals surface area contributed by atoms with E-state index in [1.807, 2.05) is 30.6 Å². The highest BCUT2D eigenvalue weighted by Crippen LogP contribution is 2.35. The first-order valence-corrected chi connectivity index (χ1v) is 10.4. The number of hydrogen-bond acceptors (Lipinski definition) is 6. The van der Waals surface area contributed by atoms with E-state index in [0.29, 0.717) is 19.6 Å². The minimum absolute atomic E-state index is 0.186. The van der Waals surface area contributed by atoms with Crippen molar-refractivity contribution in [3.63, 3.8) is 0 Å². The minimum atomic E-state index is -3.24.